The van der Waals surface area contributed by atoms with Gasteiger partial charge in [0.15, 0.2) is 10.8 Å². The molecular weight excluding hydrogens is 627 g/mol. The van der Waals surface area contributed by atoms with Crippen molar-refractivity contribution in [2.24, 2.45) is 5.16 Å². The van der Waals surface area contributed by atoms with Gasteiger partial charge < -0.3 is 25.7 Å². The number of anilines is 1. The molecule has 4 N–H and O–H groups in total. The standard InChI is InChI=1S/C33H29N5O6S2/c1-44-37-26(29(40)35-27-24-19-45-25(17-39)28(31(42)43)38(24)30(27)41)23-18-46-32(34-23)36-33(20-11-5-2-6-12-20,21-13-7-3-8-14-21)22-15-9-4-10-16-22/h2-16,18,24,27,39H,17,19H2,1H3,(H,34,36)(H,35,40)(H,42,43). The van der Waals surface area contributed by atoms with Crippen LogP contribution in [0.25, 0.3) is 0 Å². The number of carbonyl (C=O) groups is 3. The number of aliphatic hydroxyl groups excluding tert-OH is 1. The van der Waals surface area contributed by atoms with Gasteiger partial charge in [-0.15, -0.1) is 23.1 Å². The lowest BCUT2D eigenvalue weighted by Gasteiger charge is -2.49. The number of amides is 2. The van der Waals surface area contributed by atoms with Gasteiger partial charge in [0, 0.05) is 16.0 Å². The molecular formula is C33H29N5O6S2. The van der Waals surface area contributed by atoms with E-state index in [-0.39, 0.29) is 22.0 Å². The Kier molecular flexibility index (Phi) is 8.88. The highest BCUT2D eigenvalue weighted by Gasteiger charge is 2.54. The number of β-lactam (4-membered cyclic amide) rings is 1. The van der Waals surface area contributed by atoms with Crippen molar-refractivity contribution in [2.75, 3.05) is 24.8 Å². The van der Waals surface area contributed by atoms with E-state index in [1.165, 1.54) is 18.4 Å². The zero-order valence-electron chi connectivity index (χ0n) is 24.5. The molecule has 2 atom stereocenters. The maximum absolute atomic E-state index is 13.5. The van der Waals surface area contributed by atoms with Gasteiger partial charge in [-0.3, -0.25) is 14.5 Å². The maximum Gasteiger partial charge on any atom is 0.353 e. The number of aliphatic carboxylic acids is 1. The highest BCUT2D eigenvalue weighted by atomic mass is 32.2. The topological polar surface area (TPSA) is 153 Å². The average molecular weight is 656 g/mol. The summed E-state index contributed by atoms with van der Waals surface area (Å²) in [5.74, 6) is -2.29. The molecule has 11 nitrogen and oxygen atoms in total. The predicted octanol–water partition coefficient (Wildman–Crippen LogP) is 3.63. The number of oxime groups is 1. The lowest BCUT2D eigenvalue weighted by molar-refractivity contribution is -0.153. The number of aromatic nitrogens is 1. The Hall–Kier alpha value is -4.98. The summed E-state index contributed by atoms with van der Waals surface area (Å²) in [5, 5.41) is 31.7. The van der Waals surface area contributed by atoms with Gasteiger partial charge in [-0.2, -0.15) is 0 Å². The van der Waals surface area contributed by atoms with Crippen LogP contribution in [0.4, 0.5) is 5.13 Å². The van der Waals surface area contributed by atoms with Crippen molar-refractivity contribution in [2.45, 2.75) is 17.6 Å². The number of carboxylic acid groups (broad SMARTS) is 1. The largest absolute Gasteiger partial charge is 0.477 e. The van der Waals surface area contributed by atoms with Gasteiger partial charge >= 0.3 is 5.97 Å². The van der Waals surface area contributed by atoms with Gasteiger partial charge in [-0.25, -0.2) is 9.78 Å². The fourth-order valence-corrected chi connectivity index (χ4v) is 7.65. The number of thioether (sulfide) groups is 1. The number of thiazole rings is 1. The van der Waals surface area contributed by atoms with Crippen molar-refractivity contribution in [1.82, 2.24) is 15.2 Å². The molecule has 0 bridgehead atoms. The van der Waals surface area contributed by atoms with Gasteiger partial charge in [0.05, 0.1) is 12.6 Å². The molecule has 1 saturated heterocycles. The third-order valence-corrected chi connectivity index (χ3v) is 9.78. The van der Waals surface area contributed by atoms with Crippen LogP contribution in [-0.2, 0) is 24.8 Å². The second-order valence-corrected chi connectivity index (χ2v) is 12.4. The smallest absolute Gasteiger partial charge is 0.353 e. The van der Waals surface area contributed by atoms with Gasteiger partial charge in [-0.1, -0.05) is 96.2 Å². The molecule has 234 valence electrons. The van der Waals surface area contributed by atoms with Crippen LogP contribution in [0.3, 0.4) is 0 Å². The van der Waals surface area contributed by atoms with Gasteiger partial charge in [-0.05, 0) is 16.7 Å². The summed E-state index contributed by atoms with van der Waals surface area (Å²) in [6, 6.07) is 28.4. The summed E-state index contributed by atoms with van der Waals surface area (Å²) in [7, 11) is 1.30. The monoisotopic (exact) mass is 655 g/mol. The van der Waals surface area contributed by atoms with E-state index in [1.807, 2.05) is 91.0 Å². The number of hydrogen-bond donors (Lipinski definition) is 4. The number of nitrogens with zero attached hydrogens (tertiary/aromatic N) is 3. The Bertz CT molecular complexity index is 1720. The van der Waals surface area contributed by atoms with E-state index >= 15 is 0 Å². The summed E-state index contributed by atoms with van der Waals surface area (Å²) in [6.45, 7) is -0.495. The molecule has 1 fully saturated rings. The molecule has 0 saturated carbocycles. The first-order valence-electron chi connectivity index (χ1n) is 14.2. The van der Waals surface area contributed by atoms with E-state index in [0.29, 0.717) is 10.9 Å². The van der Waals surface area contributed by atoms with Crippen LogP contribution in [-0.4, -0.2) is 75.1 Å². The van der Waals surface area contributed by atoms with Crippen molar-refractivity contribution in [3.8, 4) is 0 Å². The predicted molar refractivity (Wildman–Crippen MR) is 175 cm³/mol. The number of fused-ring (bicyclic) bond motifs is 1. The third kappa shape index (κ3) is 5.53. The van der Waals surface area contributed by atoms with E-state index in [0.717, 1.165) is 33.4 Å². The first kappa shape index (κ1) is 31.0. The Balaban J connectivity index is 1.30. The molecule has 1 aromatic heterocycles. The van der Waals surface area contributed by atoms with Crippen molar-refractivity contribution >= 4 is 51.7 Å². The summed E-state index contributed by atoms with van der Waals surface area (Å²) >= 11 is 2.43. The summed E-state index contributed by atoms with van der Waals surface area (Å²) < 4.78 is 0. The molecule has 0 radical (unpaired) electrons. The lowest BCUT2D eigenvalue weighted by atomic mass is 9.77. The van der Waals surface area contributed by atoms with Crippen LogP contribution in [0, 0.1) is 0 Å². The molecule has 2 aliphatic heterocycles. The Morgan fingerprint density at radius 2 is 1.57 bits per heavy atom. The van der Waals surface area contributed by atoms with E-state index in [4.69, 9.17) is 9.82 Å². The average Bonchev–Trinajstić information content (AvgIpc) is 3.56. The highest BCUT2D eigenvalue weighted by Crippen LogP contribution is 2.41. The quantitative estimate of drug-likeness (QED) is 0.0821. The number of carboxylic acids is 1. The molecule has 6 rings (SSSR count). The minimum absolute atomic E-state index is 0.142. The molecule has 13 heteroatoms. The van der Waals surface area contributed by atoms with Crippen LogP contribution in [0.15, 0.2) is 112 Å². The van der Waals surface area contributed by atoms with Crippen LogP contribution in [0.5, 0.6) is 0 Å². The number of carbonyl (C=O) groups excluding carboxylic acids is 2. The normalized spacial score (nSPS) is 18.0. The zero-order valence-corrected chi connectivity index (χ0v) is 26.1. The second-order valence-electron chi connectivity index (χ2n) is 10.4. The molecule has 4 aromatic rings. The minimum Gasteiger partial charge on any atom is -0.477 e. The van der Waals surface area contributed by atoms with Crippen molar-refractivity contribution in [3.05, 3.63) is 129 Å². The number of benzene rings is 3. The van der Waals surface area contributed by atoms with Gasteiger partial charge in [0.2, 0.25) is 0 Å². The summed E-state index contributed by atoms with van der Waals surface area (Å²) in [5.41, 5.74) is 1.91. The van der Waals surface area contributed by atoms with Crippen LogP contribution in [0.2, 0.25) is 0 Å². The molecule has 3 heterocycles. The van der Waals surface area contributed by atoms with E-state index in [9.17, 15) is 24.6 Å². The van der Waals surface area contributed by atoms with E-state index in [2.05, 4.69) is 15.8 Å². The van der Waals surface area contributed by atoms with Crippen LogP contribution >= 0.6 is 23.1 Å². The molecule has 2 amide bonds. The molecule has 46 heavy (non-hydrogen) atoms. The van der Waals surface area contributed by atoms with Gasteiger partial charge in [0.25, 0.3) is 11.8 Å². The van der Waals surface area contributed by atoms with Crippen LogP contribution in [0.1, 0.15) is 22.4 Å². The van der Waals surface area contributed by atoms with Crippen molar-refractivity contribution < 1.29 is 29.4 Å². The summed E-state index contributed by atoms with van der Waals surface area (Å²) in [4.78, 5) is 49.4. The number of rotatable bonds is 11. The van der Waals surface area contributed by atoms with E-state index in [1.54, 1.807) is 5.38 Å². The SMILES string of the molecule is CON=C(C(=O)NC1C(=O)N2C(C(=O)O)=C(CO)SCC12)c1csc(NC(c2ccccc2)(c2ccccc2)c2ccccc2)n1. The molecule has 3 aromatic carbocycles. The number of nitrogens with one attached hydrogen (secondary N) is 2. The molecule has 2 unspecified atom stereocenters. The highest BCUT2D eigenvalue weighted by molar-refractivity contribution is 8.03. The van der Waals surface area contributed by atoms with E-state index < -0.39 is 42.0 Å². The molecule has 0 aliphatic carbocycles. The maximum atomic E-state index is 13.5. The zero-order chi connectivity index (χ0) is 32.3. The Morgan fingerprint density at radius 3 is 2.07 bits per heavy atom. The van der Waals surface area contributed by atoms with Crippen LogP contribution < -0.4 is 10.6 Å². The first-order valence-corrected chi connectivity index (χ1v) is 16.1. The number of aliphatic hydroxyl groups is 1. The Labute approximate surface area is 272 Å². The Morgan fingerprint density at radius 1 is 1.00 bits per heavy atom. The number of hydrogen-bond acceptors (Lipinski definition) is 10. The van der Waals surface area contributed by atoms with Crippen molar-refractivity contribution in [1.29, 1.82) is 0 Å². The molecule has 2 aliphatic rings. The van der Waals surface area contributed by atoms with Crippen molar-refractivity contribution in [3.63, 3.8) is 0 Å². The fourth-order valence-electron chi connectivity index (χ4n) is 5.77. The second kappa shape index (κ2) is 13.2. The molecule has 0 spiro atoms. The fraction of sp³-hybridized carbons (Fsp3) is 0.182. The first-order chi connectivity index (χ1) is 22.4. The summed E-state index contributed by atoms with van der Waals surface area (Å²) in [6.07, 6.45) is 0. The third-order valence-electron chi connectivity index (χ3n) is 7.85. The van der Waals surface area contributed by atoms with Gasteiger partial charge in [0.1, 0.15) is 30.1 Å². The minimum atomic E-state index is -1.32. The lowest BCUT2D eigenvalue weighted by Crippen LogP contribution is -2.73.